The van der Waals surface area contributed by atoms with Gasteiger partial charge in [-0.2, -0.15) is 0 Å². The number of aromatic nitrogens is 2. The van der Waals surface area contributed by atoms with Crippen LogP contribution in [0.1, 0.15) is 43.9 Å². The van der Waals surface area contributed by atoms with Crippen molar-refractivity contribution in [1.82, 2.24) is 15.3 Å². The van der Waals surface area contributed by atoms with E-state index in [0.29, 0.717) is 11.8 Å². The fourth-order valence-corrected chi connectivity index (χ4v) is 1.91. The topological polar surface area (TPSA) is 40.7 Å². The molecule has 0 aliphatic heterocycles. The Morgan fingerprint density at radius 2 is 2.07 bits per heavy atom. The summed E-state index contributed by atoms with van der Waals surface area (Å²) in [6.45, 7) is 9.71. The van der Waals surface area contributed by atoms with Gasteiger partial charge in [0.05, 0.1) is 5.69 Å². The van der Waals surface area contributed by atoms with E-state index in [1.54, 1.807) is 0 Å². The van der Waals surface area contributed by atoms with Crippen molar-refractivity contribution in [3.8, 4) is 0 Å². The Kier molecular flexibility index (Phi) is 4.33. The van der Waals surface area contributed by atoms with Crippen molar-refractivity contribution in [1.29, 1.82) is 0 Å². The van der Waals surface area contributed by atoms with Gasteiger partial charge in [0.1, 0.15) is 5.82 Å². The average Bonchev–Trinajstić information content (AvgIpc) is 2.55. The second-order valence-electron chi connectivity index (χ2n) is 4.46. The molecule has 1 rings (SSSR count). The fraction of sp³-hybridized carbons (Fsp3) is 0.750. The molecule has 15 heavy (non-hydrogen) atoms. The zero-order chi connectivity index (χ0) is 11.4. The second kappa shape index (κ2) is 5.31. The highest BCUT2D eigenvalue weighted by atomic mass is 15.0. The third-order valence-corrected chi connectivity index (χ3v) is 2.92. The molecule has 1 heterocycles. The number of likely N-dealkylation sites (N-methyl/N-ethyl adjacent to an activating group) is 1. The average molecular weight is 209 g/mol. The number of hydrogen-bond acceptors (Lipinski definition) is 2. The zero-order valence-corrected chi connectivity index (χ0v) is 10.5. The number of imidazole rings is 1. The molecule has 1 unspecified atom stereocenters. The molecule has 0 fully saturated rings. The van der Waals surface area contributed by atoms with Crippen molar-refractivity contribution in [2.24, 2.45) is 5.92 Å². The predicted octanol–water partition coefficient (Wildman–Crippen LogP) is 2.24. The standard InChI is InChI=1S/C12H23N3/c1-6-11-9(4)14-12(15-11)10(7-13-5)8(2)3/h8,10,13H,6-7H2,1-5H3,(H,14,15). The highest BCUT2D eigenvalue weighted by Gasteiger charge is 2.19. The molecule has 1 aromatic rings. The van der Waals surface area contributed by atoms with E-state index in [1.807, 2.05) is 7.05 Å². The first-order chi connectivity index (χ1) is 7.10. The van der Waals surface area contributed by atoms with Crippen LogP contribution in [0.25, 0.3) is 0 Å². The molecule has 0 saturated carbocycles. The van der Waals surface area contributed by atoms with Crippen molar-refractivity contribution in [2.75, 3.05) is 13.6 Å². The largest absolute Gasteiger partial charge is 0.346 e. The second-order valence-corrected chi connectivity index (χ2v) is 4.46. The van der Waals surface area contributed by atoms with Gasteiger partial charge in [-0.15, -0.1) is 0 Å². The smallest absolute Gasteiger partial charge is 0.111 e. The normalized spacial score (nSPS) is 13.5. The van der Waals surface area contributed by atoms with E-state index in [-0.39, 0.29) is 0 Å². The molecule has 0 saturated heterocycles. The lowest BCUT2D eigenvalue weighted by molar-refractivity contribution is 0.460. The number of hydrogen-bond donors (Lipinski definition) is 2. The summed E-state index contributed by atoms with van der Waals surface area (Å²) >= 11 is 0. The maximum Gasteiger partial charge on any atom is 0.111 e. The van der Waals surface area contributed by atoms with E-state index in [9.17, 15) is 0 Å². The Morgan fingerprint density at radius 1 is 1.40 bits per heavy atom. The molecule has 3 heteroatoms. The quantitative estimate of drug-likeness (QED) is 0.781. The summed E-state index contributed by atoms with van der Waals surface area (Å²) in [5, 5.41) is 3.23. The molecule has 86 valence electrons. The van der Waals surface area contributed by atoms with Gasteiger partial charge in [-0.25, -0.2) is 4.98 Å². The van der Waals surface area contributed by atoms with Crippen molar-refractivity contribution >= 4 is 0 Å². The Bertz CT molecular complexity index is 302. The third kappa shape index (κ3) is 2.81. The number of aryl methyl sites for hydroxylation is 2. The summed E-state index contributed by atoms with van der Waals surface area (Å²) in [5.74, 6) is 2.22. The van der Waals surface area contributed by atoms with Gasteiger partial charge < -0.3 is 10.3 Å². The van der Waals surface area contributed by atoms with Crippen LogP contribution in [0.4, 0.5) is 0 Å². The first-order valence-corrected chi connectivity index (χ1v) is 5.80. The molecule has 2 N–H and O–H groups in total. The monoisotopic (exact) mass is 209 g/mol. The number of aromatic amines is 1. The molecule has 0 aliphatic rings. The fourth-order valence-electron chi connectivity index (χ4n) is 1.91. The van der Waals surface area contributed by atoms with Gasteiger partial charge in [0.25, 0.3) is 0 Å². The molecule has 0 aliphatic carbocycles. The highest BCUT2D eigenvalue weighted by molar-refractivity contribution is 5.15. The third-order valence-electron chi connectivity index (χ3n) is 2.92. The van der Waals surface area contributed by atoms with Crippen molar-refractivity contribution in [3.63, 3.8) is 0 Å². The van der Waals surface area contributed by atoms with Crippen LogP contribution in [0.15, 0.2) is 0 Å². The van der Waals surface area contributed by atoms with Gasteiger partial charge in [0.2, 0.25) is 0 Å². The number of nitrogens with zero attached hydrogens (tertiary/aromatic N) is 1. The maximum atomic E-state index is 4.67. The van der Waals surface area contributed by atoms with E-state index < -0.39 is 0 Å². The van der Waals surface area contributed by atoms with Gasteiger partial charge in [0, 0.05) is 18.2 Å². The Balaban J connectivity index is 2.90. The number of nitrogens with one attached hydrogen (secondary N) is 2. The zero-order valence-electron chi connectivity index (χ0n) is 10.5. The molecule has 1 atom stereocenters. The van der Waals surface area contributed by atoms with E-state index in [0.717, 1.165) is 18.8 Å². The van der Waals surface area contributed by atoms with Crippen LogP contribution in [0, 0.1) is 12.8 Å². The van der Waals surface area contributed by atoms with Crippen LogP contribution in [0.3, 0.4) is 0 Å². The molecular formula is C12H23N3. The minimum absolute atomic E-state index is 0.481. The van der Waals surface area contributed by atoms with Crippen LogP contribution in [-0.4, -0.2) is 23.6 Å². The number of rotatable bonds is 5. The van der Waals surface area contributed by atoms with Gasteiger partial charge in [-0.1, -0.05) is 20.8 Å². The molecule has 0 radical (unpaired) electrons. The van der Waals surface area contributed by atoms with Gasteiger partial charge in [-0.05, 0) is 26.3 Å². The van der Waals surface area contributed by atoms with E-state index in [2.05, 4.69) is 43.0 Å². The predicted molar refractivity (Wildman–Crippen MR) is 64.2 cm³/mol. The summed E-state index contributed by atoms with van der Waals surface area (Å²) in [6.07, 6.45) is 1.01. The summed E-state index contributed by atoms with van der Waals surface area (Å²) < 4.78 is 0. The summed E-state index contributed by atoms with van der Waals surface area (Å²) in [4.78, 5) is 8.08. The van der Waals surface area contributed by atoms with Crippen LogP contribution in [0.5, 0.6) is 0 Å². The van der Waals surface area contributed by atoms with Crippen LogP contribution >= 0.6 is 0 Å². The lowest BCUT2D eigenvalue weighted by Gasteiger charge is -2.17. The van der Waals surface area contributed by atoms with Crippen LogP contribution in [0.2, 0.25) is 0 Å². The molecule has 3 nitrogen and oxygen atoms in total. The first-order valence-electron chi connectivity index (χ1n) is 5.80. The van der Waals surface area contributed by atoms with Crippen molar-refractivity contribution in [2.45, 2.75) is 40.0 Å². The minimum atomic E-state index is 0.481. The van der Waals surface area contributed by atoms with E-state index >= 15 is 0 Å². The van der Waals surface area contributed by atoms with Gasteiger partial charge >= 0.3 is 0 Å². The summed E-state index contributed by atoms with van der Waals surface area (Å²) in [7, 11) is 1.99. The first kappa shape index (κ1) is 12.2. The Hall–Kier alpha value is -0.830. The van der Waals surface area contributed by atoms with Crippen LogP contribution < -0.4 is 5.32 Å². The summed E-state index contributed by atoms with van der Waals surface area (Å²) in [6, 6.07) is 0. The molecule has 0 aromatic carbocycles. The van der Waals surface area contributed by atoms with E-state index in [1.165, 1.54) is 11.4 Å². The molecular weight excluding hydrogens is 186 g/mol. The Morgan fingerprint density at radius 3 is 2.47 bits per heavy atom. The molecule has 1 aromatic heterocycles. The Labute approximate surface area is 92.7 Å². The molecule has 0 amide bonds. The lowest BCUT2D eigenvalue weighted by atomic mass is 9.95. The van der Waals surface area contributed by atoms with E-state index in [4.69, 9.17) is 0 Å². The van der Waals surface area contributed by atoms with Crippen molar-refractivity contribution < 1.29 is 0 Å². The van der Waals surface area contributed by atoms with Gasteiger partial charge in [-0.3, -0.25) is 0 Å². The lowest BCUT2D eigenvalue weighted by Crippen LogP contribution is -2.22. The minimum Gasteiger partial charge on any atom is -0.346 e. The molecule has 0 bridgehead atoms. The van der Waals surface area contributed by atoms with Crippen LogP contribution in [-0.2, 0) is 6.42 Å². The summed E-state index contributed by atoms with van der Waals surface area (Å²) in [5.41, 5.74) is 2.42. The SMILES string of the molecule is CCc1nc(C(CNC)C(C)C)[nH]c1C. The van der Waals surface area contributed by atoms with Crippen molar-refractivity contribution in [3.05, 3.63) is 17.2 Å². The number of H-pyrrole nitrogens is 1. The maximum absolute atomic E-state index is 4.67. The molecule has 0 spiro atoms. The van der Waals surface area contributed by atoms with Gasteiger partial charge in [0.15, 0.2) is 0 Å². The highest BCUT2D eigenvalue weighted by Crippen LogP contribution is 2.22.